The molecule has 36 heavy (non-hydrogen) atoms. The lowest BCUT2D eigenvalue weighted by Crippen LogP contribution is -2.40. The summed E-state index contributed by atoms with van der Waals surface area (Å²) in [6.45, 7) is 0.414. The molecule has 0 aliphatic heterocycles. The average Bonchev–Trinajstić information content (AvgIpc) is 3.53. The number of nitrogens with zero attached hydrogens (tertiary/aromatic N) is 5. The van der Waals surface area contributed by atoms with E-state index in [1.807, 2.05) is 24.3 Å². The molecule has 3 heterocycles. The minimum Gasteiger partial charge on any atom is -0.382 e. The van der Waals surface area contributed by atoms with Crippen molar-refractivity contribution in [3.05, 3.63) is 89.8 Å². The Kier molecular flexibility index (Phi) is 5.41. The molecule has 0 atom stereocenters. The number of aromatic nitrogens is 5. The van der Waals surface area contributed by atoms with Gasteiger partial charge in [0.05, 0.1) is 41.3 Å². The first kappa shape index (κ1) is 22.2. The van der Waals surface area contributed by atoms with E-state index in [1.165, 1.54) is 12.1 Å². The maximum absolute atomic E-state index is 15.0. The summed E-state index contributed by atoms with van der Waals surface area (Å²) in [7, 11) is 1.59. The lowest BCUT2D eigenvalue weighted by atomic mass is 10.1. The zero-order valence-corrected chi connectivity index (χ0v) is 19.6. The third-order valence-corrected chi connectivity index (χ3v) is 6.52. The minimum atomic E-state index is -0.615. The van der Waals surface area contributed by atoms with E-state index in [0.717, 1.165) is 35.0 Å². The summed E-state index contributed by atoms with van der Waals surface area (Å²) in [4.78, 5) is 25.8. The van der Waals surface area contributed by atoms with Crippen LogP contribution in [0.2, 0.25) is 0 Å². The fourth-order valence-corrected chi connectivity index (χ4v) is 4.42. The summed E-state index contributed by atoms with van der Waals surface area (Å²) < 4.78 is 21.8. The van der Waals surface area contributed by atoms with Crippen LogP contribution in [0.3, 0.4) is 0 Å². The Morgan fingerprint density at radius 2 is 1.97 bits per heavy atom. The zero-order valence-electron chi connectivity index (χ0n) is 19.6. The van der Waals surface area contributed by atoms with Gasteiger partial charge in [0.15, 0.2) is 0 Å². The van der Waals surface area contributed by atoms with Crippen LogP contribution in [0.5, 0.6) is 0 Å². The molecule has 0 spiro atoms. The van der Waals surface area contributed by atoms with Gasteiger partial charge in [-0.15, -0.1) is 0 Å². The van der Waals surface area contributed by atoms with E-state index in [2.05, 4.69) is 31.4 Å². The molecule has 2 aromatic carbocycles. The smallest absolute Gasteiger partial charge is 0.254 e. The molecule has 0 saturated heterocycles. The number of fused-ring (bicyclic) bond motifs is 2. The normalized spacial score (nSPS) is 14.3. The lowest BCUT2D eigenvalue weighted by Gasteiger charge is -2.16. The van der Waals surface area contributed by atoms with E-state index >= 15 is 0 Å². The van der Waals surface area contributed by atoms with Crippen molar-refractivity contribution >= 4 is 22.6 Å². The monoisotopic (exact) mass is 482 g/mol. The van der Waals surface area contributed by atoms with Crippen LogP contribution in [-0.4, -0.2) is 49.7 Å². The number of ether oxygens (including phenoxy) is 1. The van der Waals surface area contributed by atoms with Gasteiger partial charge in [0.25, 0.3) is 11.7 Å². The van der Waals surface area contributed by atoms with Gasteiger partial charge in [0.2, 0.25) is 0 Å². The van der Waals surface area contributed by atoms with Crippen LogP contribution in [0.1, 0.15) is 34.5 Å². The van der Waals surface area contributed by atoms with Gasteiger partial charge in [0.1, 0.15) is 11.5 Å². The molecule has 5 aromatic rings. The van der Waals surface area contributed by atoms with Crippen molar-refractivity contribution in [3.8, 4) is 11.3 Å². The number of imidazole rings is 1. The van der Waals surface area contributed by atoms with Crippen molar-refractivity contribution in [2.75, 3.05) is 13.7 Å². The van der Waals surface area contributed by atoms with Crippen LogP contribution in [0.4, 0.5) is 4.39 Å². The molecule has 9 heteroatoms. The molecule has 6 rings (SSSR count). The fraction of sp³-hybridized carbons (Fsp3) is 0.222. The largest absolute Gasteiger partial charge is 0.382 e. The van der Waals surface area contributed by atoms with E-state index in [4.69, 9.17) is 4.74 Å². The quantitative estimate of drug-likeness (QED) is 0.377. The van der Waals surface area contributed by atoms with Crippen LogP contribution in [0, 0.1) is 5.82 Å². The molecule has 1 N–H and O–H groups in total. The first-order chi connectivity index (χ1) is 17.5. The summed E-state index contributed by atoms with van der Waals surface area (Å²) >= 11 is 0. The Hall–Kier alpha value is -4.24. The number of hydrogen-bond donors (Lipinski definition) is 1. The summed E-state index contributed by atoms with van der Waals surface area (Å²) in [6.07, 6.45) is 7.32. The van der Waals surface area contributed by atoms with Crippen molar-refractivity contribution in [2.24, 2.45) is 0 Å². The molecule has 1 aliphatic rings. The average molecular weight is 483 g/mol. The SMILES string of the molecule is COCC1(NC(=O)c2ccc(-c3cnc4ncc(Cc5ccc6ncccc6c5)n4n3)cc2F)CC1. The second kappa shape index (κ2) is 8.76. The Balaban J connectivity index is 1.27. The second-order valence-electron chi connectivity index (χ2n) is 9.17. The summed E-state index contributed by atoms with van der Waals surface area (Å²) in [5.41, 5.74) is 3.49. The van der Waals surface area contributed by atoms with E-state index < -0.39 is 11.7 Å². The number of halogens is 1. The predicted molar refractivity (Wildman–Crippen MR) is 132 cm³/mol. The Morgan fingerprint density at radius 1 is 1.11 bits per heavy atom. The number of methoxy groups -OCH3 is 1. The predicted octanol–water partition coefficient (Wildman–Crippen LogP) is 3.98. The van der Waals surface area contributed by atoms with Gasteiger partial charge in [-0.1, -0.05) is 18.2 Å². The number of amides is 1. The number of hydrogen-bond acceptors (Lipinski definition) is 6. The first-order valence-corrected chi connectivity index (χ1v) is 11.7. The molecule has 180 valence electrons. The van der Waals surface area contributed by atoms with Crippen LogP contribution in [0.25, 0.3) is 27.9 Å². The number of pyridine rings is 1. The van der Waals surface area contributed by atoms with Crippen molar-refractivity contribution in [2.45, 2.75) is 24.8 Å². The number of carbonyl (C=O) groups excluding carboxylic acids is 1. The van der Waals surface area contributed by atoms with Gasteiger partial charge in [-0.05, 0) is 48.7 Å². The third-order valence-electron chi connectivity index (χ3n) is 6.52. The zero-order chi connectivity index (χ0) is 24.7. The number of rotatable bonds is 7. The van der Waals surface area contributed by atoms with E-state index in [9.17, 15) is 9.18 Å². The maximum atomic E-state index is 15.0. The van der Waals surface area contributed by atoms with Gasteiger partial charge in [0, 0.05) is 30.7 Å². The second-order valence-corrected chi connectivity index (χ2v) is 9.17. The topological polar surface area (TPSA) is 94.3 Å². The van der Waals surface area contributed by atoms with Crippen molar-refractivity contribution in [3.63, 3.8) is 0 Å². The number of nitrogens with one attached hydrogen (secondary N) is 1. The highest BCUT2D eigenvalue weighted by Gasteiger charge is 2.44. The summed E-state index contributed by atoms with van der Waals surface area (Å²) in [5, 5.41) is 8.63. The Bertz CT molecular complexity index is 1610. The van der Waals surface area contributed by atoms with Crippen LogP contribution < -0.4 is 5.32 Å². The van der Waals surface area contributed by atoms with Gasteiger partial charge in [-0.25, -0.2) is 18.9 Å². The molecule has 1 amide bonds. The molecule has 1 aliphatic carbocycles. The molecule has 1 saturated carbocycles. The van der Waals surface area contributed by atoms with Crippen LogP contribution >= 0.6 is 0 Å². The molecule has 0 radical (unpaired) electrons. The number of carbonyl (C=O) groups is 1. The molecular weight excluding hydrogens is 459 g/mol. The third kappa shape index (κ3) is 4.18. The van der Waals surface area contributed by atoms with Gasteiger partial charge >= 0.3 is 0 Å². The molecule has 3 aromatic heterocycles. The molecule has 0 unspecified atom stereocenters. The van der Waals surface area contributed by atoms with E-state index in [-0.39, 0.29) is 11.1 Å². The van der Waals surface area contributed by atoms with Crippen LogP contribution in [0.15, 0.2) is 67.1 Å². The Morgan fingerprint density at radius 3 is 2.78 bits per heavy atom. The molecule has 0 bridgehead atoms. The fourth-order valence-electron chi connectivity index (χ4n) is 4.42. The van der Waals surface area contributed by atoms with Crippen molar-refractivity contribution in [1.82, 2.24) is 29.9 Å². The first-order valence-electron chi connectivity index (χ1n) is 11.7. The molecule has 1 fully saturated rings. The van der Waals surface area contributed by atoms with Crippen LogP contribution in [-0.2, 0) is 11.2 Å². The highest BCUT2D eigenvalue weighted by atomic mass is 19.1. The van der Waals surface area contributed by atoms with Crippen molar-refractivity contribution < 1.29 is 13.9 Å². The maximum Gasteiger partial charge on any atom is 0.254 e. The molecule has 8 nitrogen and oxygen atoms in total. The number of benzene rings is 2. The summed E-state index contributed by atoms with van der Waals surface area (Å²) in [5.74, 6) is -0.603. The minimum absolute atomic E-state index is 0.00993. The van der Waals surface area contributed by atoms with Gasteiger partial charge < -0.3 is 10.1 Å². The highest BCUT2D eigenvalue weighted by Crippen LogP contribution is 2.36. The summed E-state index contributed by atoms with van der Waals surface area (Å²) in [6, 6.07) is 14.5. The van der Waals surface area contributed by atoms with Crippen molar-refractivity contribution in [1.29, 1.82) is 0 Å². The standard InChI is InChI=1S/C27H23FN6O2/c1-36-16-27(8-9-27)32-25(35)21-6-5-19(13-22(21)28)24-15-31-26-30-14-20(34(26)33-24)12-17-4-7-23-18(11-17)3-2-10-29-23/h2-7,10-11,13-15H,8-9,12,16H2,1H3,(H,32,35). The lowest BCUT2D eigenvalue weighted by molar-refractivity contribution is 0.0878. The van der Waals surface area contributed by atoms with Gasteiger partial charge in [-0.3, -0.25) is 9.78 Å². The molecular formula is C27H23FN6O2. The van der Waals surface area contributed by atoms with E-state index in [0.29, 0.717) is 30.1 Å². The highest BCUT2D eigenvalue weighted by molar-refractivity contribution is 5.95. The van der Waals surface area contributed by atoms with E-state index in [1.54, 1.807) is 36.3 Å². The van der Waals surface area contributed by atoms with Gasteiger partial charge in [-0.2, -0.15) is 5.10 Å². The Labute approximate surface area is 206 Å².